The molecule has 2 unspecified atom stereocenters. The predicted molar refractivity (Wildman–Crippen MR) is 321 cm³/mol. The number of ether oxygens (including phenoxy) is 8. The zero-order valence-electron chi connectivity index (χ0n) is 45.5. The summed E-state index contributed by atoms with van der Waals surface area (Å²) in [5, 5.41) is 31.0. The summed E-state index contributed by atoms with van der Waals surface area (Å²) in [6.07, 6.45) is 0.592. The highest BCUT2D eigenvalue weighted by atomic mass is 32.2. The van der Waals surface area contributed by atoms with Crippen molar-refractivity contribution in [3.63, 3.8) is 0 Å². The number of aromatic nitrogens is 4. The van der Waals surface area contributed by atoms with Crippen LogP contribution < -0.4 is 5.73 Å². The van der Waals surface area contributed by atoms with E-state index in [1.54, 1.807) is 0 Å². The van der Waals surface area contributed by atoms with Gasteiger partial charge in [0.1, 0.15) is 60.1 Å². The van der Waals surface area contributed by atoms with E-state index in [4.69, 9.17) is 43.6 Å². The molecule has 8 atom stereocenters. The lowest BCUT2D eigenvalue weighted by atomic mass is 10.0. The monoisotopic (exact) mass is 1170 g/mol. The van der Waals surface area contributed by atoms with E-state index in [1.165, 1.54) is 47.1 Å². The van der Waals surface area contributed by atoms with Gasteiger partial charge in [-0.25, -0.2) is 19.9 Å². The minimum Gasteiger partial charge on any atom is -0.383 e. The van der Waals surface area contributed by atoms with E-state index in [-0.39, 0.29) is 26.4 Å². The van der Waals surface area contributed by atoms with Gasteiger partial charge < -0.3 is 53.8 Å². The number of thiophene rings is 2. The third-order valence-electron chi connectivity index (χ3n) is 14.3. The fourth-order valence-electron chi connectivity index (χ4n) is 10.2. The summed E-state index contributed by atoms with van der Waals surface area (Å²) in [5.41, 5.74) is 13.3. The molecule has 2 saturated heterocycles. The molecular weight excluding hydrogens is 1110 g/mol. The van der Waals surface area contributed by atoms with Crippen molar-refractivity contribution in [1.29, 1.82) is 0 Å². The van der Waals surface area contributed by atoms with Gasteiger partial charge in [-0.3, -0.25) is 0 Å². The fourth-order valence-corrected chi connectivity index (χ4v) is 12.9. The Morgan fingerprint density at radius 3 is 1.18 bits per heavy atom. The number of nitrogen functional groups attached to an aromatic ring is 1. The van der Waals surface area contributed by atoms with Crippen molar-refractivity contribution in [2.75, 3.05) is 25.2 Å². The molecule has 12 rings (SSSR count). The van der Waals surface area contributed by atoms with Crippen LogP contribution in [0.25, 0.3) is 21.8 Å². The maximum Gasteiger partial charge on any atom is 0.234 e. The van der Waals surface area contributed by atoms with Crippen LogP contribution in [0.5, 0.6) is 0 Å². The van der Waals surface area contributed by atoms with Gasteiger partial charge in [-0.05, 0) is 39.6 Å². The number of nitrogens with two attached hydrogens (primary N) is 1. The molecule has 2 fully saturated rings. The van der Waals surface area contributed by atoms with Gasteiger partial charge >= 0.3 is 0 Å². The molecule has 6 heterocycles. The van der Waals surface area contributed by atoms with Crippen LogP contribution in [0.15, 0.2) is 210 Å². The lowest BCUT2D eigenvalue weighted by Crippen LogP contribution is -2.44. The first-order chi connectivity index (χ1) is 40.8. The summed E-state index contributed by atoms with van der Waals surface area (Å²) in [6, 6.07) is 59.4. The molecule has 426 valence electrons. The van der Waals surface area contributed by atoms with Crippen molar-refractivity contribution < 1.29 is 48.1 Å². The van der Waals surface area contributed by atoms with Crippen LogP contribution in [0.2, 0.25) is 0 Å². The first kappa shape index (κ1) is 57.9. The van der Waals surface area contributed by atoms with Gasteiger partial charge in [0.25, 0.3) is 0 Å². The lowest BCUT2D eigenvalue weighted by Gasteiger charge is -2.30. The van der Waals surface area contributed by atoms with Gasteiger partial charge in [-0.1, -0.05) is 182 Å². The molecule has 0 radical (unpaired) electrons. The Hall–Kier alpha value is -6.85. The molecule has 83 heavy (non-hydrogen) atoms. The molecule has 6 aromatic carbocycles. The Morgan fingerprint density at radius 1 is 0.458 bits per heavy atom. The van der Waals surface area contributed by atoms with Crippen LogP contribution in [0.1, 0.15) is 43.1 Å². The smallest absolute Gasteiger partial charge is 0.234 e. The van der Waals surface area contributed by atoms with Crippen molar-refractivity contribution in [3.05, 3.63) is 249 Å². The molecule has 0 bridgehead atoms. The summed E-state index contributed by atoms with van der Waals surface area (Å²) < 4.78 is 51.3. The van der Waals surface area contributed by atoms with Crippen LogP contribution >= 0.6 is 34.4 Å². The largest absolute Gasteiger partial charge is 0.383 e. The standard InChI is InChI=1S/C33H32N2O5S2.C32H31N3O5S/c1-41-32-26-21-42-31(28(26)34-22-35-32)33(36)30(39-19-25-15-9-4-10-16-25)29(38-18-24-13-7-3-8-14-24)27(40-33)20-37-17-23-11-5-2-6-12-23;33-31-25-20-41-30(27(25)34-21-35-31)32(36)29(39-18-24-14-8-3-9-15-24)28(38-17-23-12-6-2-7-13-23)26(40-32)19-37-16-22-10-4-1-5-11-22/h2-16,21-22,27,29-30,36H,17-20H2,1H3;1-15,20-21,26,28-29,36H,16-19H2,(H2,33,34,35)/t27-,29-,30-,33?;26-,28-,29-,32?/m11/s1. The number of thioether (sulfide) groups is 1. The van der Waals surface area contributed by atoms with Crippen LogP contribution in [0, 0.1) is 0 Å². The van der Waals surface area contributed by atoms with Crippen LogP contribution in [0.4, 0.5) is 5.82 Å². The number of nitrogens with zero attached hydrogens (tertiary/aromatic N) is 4. The van der Waals surface area contributed by atoms with E-state index in [0.717, 1.165) is 43.8 Å². The molecule has 0 amide bonds. The fraction of sp³-hybridized carbons (Fsp3) is 0.262. The van der Waals surface area contributed by atoms with Gasteiger partial charge in [0.2, 0.25) is 11.6 Å². The molecule has 4 aromatic heterocycles. The molecule has 2 aliphatic rings. The summed E-state index contributed by atoms with van der Waals surface area (Å²) in [6.45, 7) is 2.35. The summed E-state index contributed by atoms with van der Waals surface area (Å²) in [7, 11) is 0. The molecule has 0 saturated carbocycles. The summed E-state index contributed by atoms with van der Waals surface area (Å²) in [4.78, 5) is 18.6. The van der Waals surface area contributed by atoms with Gasteiger partial charge in [0, 0.05) is 16.1 Å². The Labute approximate surface area is 494 Å². The highest BCUT2D eigenvalue weighted by Crippen LogP contribution is 2.49. The third-order valence-corrected chi connectivity index (χ3v) is 17.2. The van der Waals surface area contributed by atoms with E-state index in [9.17, 15) is 10.2 Å². The second-order valence-electron chi connectivity index (χ2n) is 20.0. The summed E-state index contributed by atoms with van der Waals surface area (Å²) in [5.74, 6) is -3.36. The molecule has 0 aliphatic carbocycles. The highest BCUT2D eigenvalue weighted by molar-refractivity contribution is 7.98. The number of anilines is 1. The van der Waals surface area contributed by atoms with Crippen LogP contribution in [-0.4, -0.2) is 86.2 Å². The number of rotatable bonds is 23. The predicted octanol–water partition coefficient (Wildman–Crippen LogP) is 11.5. The molecule has 4 N–H and O–H groups in total. The zero-order chi connectivity index (χ0) is 56.9. The first-order valence-corrected chi connectivity index (χ1v) is 30.2. The van der Waals surface area contributed by atoms with Crippen molar-refractivity contribution in [1.82, 2.24) is 19.9 Å². The Balaban J connectivity index is 0.000000174. The highest BCUT2D eigenvalue weighted by Gasteiger charge is 2.60. The van der Waals surface area contributed by atoms with Crippen LogP contribution in [0.3, 0.4) is 0 Å². The van der Waals surface area contributed by atoms with Gasteiger partial charge in [0.15, 0.2) is 0 Å². The van der Waals surface area contributed by atoms with Crippen LogP contribution in [-0.2, 0) is 89.1 Å². The van der Waals surface area contributed by atoms with E-state index in [2.05, 4.69) is 19.9 Å². The lowest BCUT2D eigenvalue weighted by molar-refractivity contribution is -0.250. The molecule has 10 aromatic rings. The zero-order valence-corrected chi connectivity index (χ0v) is 48.0. The first-order valence-electron chi connectivity index (χ1n) is 27.2. The van der Waals surface area contributed by atoms with Crippen molar-refractivity contribution in [2.24, 2.45) is 0 Å². The Bertz CT molecular complexity index is 3600. The number of aliphatic hydroxyl groups is 2. The summed E-state index contributed by atoms with van der Waals surface area (Å²) >= 11 is 4.22. The normalized spacial score (nSPS) is 22.2. The minimum atomic E-state index is -1.87. The molecule has 0 spiro atoms. The SMILES string of the molecule is CSc1ncnc2c(C3(O)O[C@H](COCc4ccccc4)[C@@H](OCc4ccccc4)[C@H]3OCc3ccccc3)scc12.Nc1ncnc2c(C3(O)O[C@H](COCc4ccccc4)[C@@H](OCc4ccccc4)[C@H]3OCc3ccccc3)scc12. The molecular formula is C65H63N5O10S3. The van der Waals surface area contributed by atoms with E-state index in [1.807, 2.05) is 199 Å². The van der Waals surface area contributed by atoms with E-state index < -0.39 is 48.2 Å². The topological polar surface area (TPSA) is 192 Å². The average Bonchev–Trinajstić information content (AvgIpc) is 4.45. The average molecular weight is 1170 g/mol. The second-order valence-corrected chi connectivity index (χ2v) is 22.5. The maximum atomic E-state index is 12.5. The third kappa shape index (κ3) is 13.7. The van der Waals surface area contributed by atoms with Gasteiger partial charge in [-0.2, -0.15) is 0 Å². The number of benzene rings is 6. The second kappa shape index (κ2) is 27.7. The van der Waals surface area contributed by atoms with Gasteiger partial charge in [0.05, 0.1) is 79.0 Å². The number of fused-ring (bicyclic) bond motifs is 2. The molecule has 2 aliphatic heterocycles. The minimum absolute atomic E-state index is 0.183. The quantitative estimate of drug-likeness (QED) is 0.0404. The van der Waals surface area contributed by atoms with E-state index in [0.29, 0.717) is 58.4 Å². The van der Waals surface area contributed by atoms with Crippen molar-refractivity contribution in [2.45, 2.75) is 92.9 Å². The Kier molecular flexibility index (Phi) is 19.3. The number of hydrogen-bond acceptors (Lipinski definition) is 18. The van der Waals surface area contributed by atoms with Crippen molar-refractivity contribution in [3.8, 4) is 0 Å². The number of hydrogen-bond donors (Lipinski definition) is 3. The van der Waals surface area contributed by atoms with E-state index >= 15 is 0 Å². The van der Waals surface area contributed by atoms with Crippen molar-refractivity contribution >= 4 is 62.1 Å². The van der Waals surface area contributed by atoms with Gasteiger partial charge in [-0.15, -0.1) is 34.4 Å². The maximum absolute atomic E-state index is 12.5. The Morgan fingerprint density at radius 2 is 0.795 bits per heavy atom. The molecule has 15 nitrogen and oxygen atoms in total. The molecule has 18 heteroatoms.